The third-order valence-corrected chi connectivity index (χ3v) is 3.71. The number of nitrogens with one attached hydrogen (secondary N) is 1. The van der Waals surface area contributed by atoms with Crippen molar-refractivity contribution in [2.75, 3.05) is 5.32 Å². The summed E-state index contributed by atoms with van der Waals surface area (Å²) in [4.78, 5) is 4.05. The molecule has 0 saturated heterocycles. The quantitative estimate of drug-likeness (QED) is 0.836. The highest BCUT2D eigenvalue weighted by Gasteiger charge is 2.27. The standard InChI is InChI=1S/C14H22N2/c1-11(2)13-5-3-4-6-14(13)16-12-7-9-15-10-8-12/h7-11,13-14H,3-6H2,1-2H3,(H,15,16). The smallest absolute Gasteiger partial charge is 0.0373 e. The van der Waals surface area contributed by atoms with Gasteiger partial charge in [0, 0.05) is 24.1 Å². The van der Waals surface area contributed by atoms with E-state index in [2.05, 4.69) is 36.3 Å². The topological polar surface area (TPSA) is 24.9 Å². The number of nitrogens with zero attached hydrogens (tertiary/aromatic N) is 1. The highest BCUT2D eigenvalue weighted by Crippen LogP contribution is 2.32. The van der Waals surface area contributed by atoms with Crippen molar-refractivity contribution in [3.8, 4) is 0 Å². The number of anilines is 1. The third kappa shape index (κ3) is 2.75. The molecule has 1 aromatic rings. The van der Waals surface area contributed by atoms with Crippen LogP contribution in [0.3, 0.4) is 0 Å². The van der Waals surface area contributed by atoms with Crippen LogP contribution in [-0.2, 0) is 0 Å². The molecule has 16 heavy (non-hydrogen) atoms. The van der Waals surface area contributed by atoms with Gasteiger partial charge in [-0.15, -0.1) is 0 Å². The Labute approximate surface area is 98.5 Å². The van der Waals surface area contributed by atoms with Gasteiger partial charge in [0.1, 0.15) is 0 Å². The maximum atomic E-state index is 4.05. The van der Waals surface area contributed by atoms with Crippen molar-refractivity contribution in [2.45, 2.75) is 45.6 Å². The van der Waals surface area contributed by atoms with Crippen molar-refractivity contribution in [1.29, 1.82) is 0 Å². The highest BCUT2D eigenvalue weighted by atomic mass is 14.9. The van der Waals surface area contributed by atoms with Crippen LogP contribution in [0.15, 0.2) is 24.5 Å². The van der Waals surface area contributed by atoms with Crippen LogP contribution in [0.25, 0.3) is 0 Å². The molecule has 2 nitrogen and oxygen atoms in total. The Morgan fingerprint density at radius 3 is 2.56 bits per heavy atom. The molecule has 1 aromatic heterocycles. The monoisotopic (exact) mass is 218 g/mol. The maximum Gasteiger partial charge on any atom is 0.0373 e. The minimum absolute atomic E-state index is 0.649. The van der Waals surface area contributed by atoms with Gasteiger partial charge >= 0.3 is 0 Å². The van der Waals surface area contributed by atoms with Crippen LogP contribution in [0.5, 0.6) is 0 Å². The minimum atomic E-state index is 0.649. The van der Waals surface area contributed by atoms with Crippen molar-refractivity contribution in [3.05, 3.63) is 24.5 Å². The lowest BCUT2D eigenvalue weighted by atomic mass is 9.78. The number of aromatic nitrogens is 1. The van der Waals surface area contributed by atoms with Crippen molar-refractivity contribution < 1.29 is 0 Å². The van der Waals surface area contributed by atoms with Gasteiger partial charge in [0.15, 0.2) is 0 Å². The number of pyridine rings is 1. The number of hydrogen-bond acceptors (Lipinski definition) is 2. The van der Waals surface area contributed by atoms with E-state index in [0.29, 0.717) is 6.04 Å². The predicted molar refractivity (Wildman–Crippen MR) is 68.4 cm³/mol. The largest absolute Gasteiger partial charge is 0.382 e. The number of rotatable bonds is 3. The Morgan fingerprint density at radius 2 is 1.88 bits per heavy atom. The summed E-state index contributed by atoms with van der Waals surface area (Å²) >= 11 is 0. The van der Waals surface area contributed by atoms with E-state index in [1.165, 1.54) is 31.4 Å². The molecule has 0 amide bonds. The highest BCUT2D eigenvalue weighted by molar-refractivity contribution is 5.42. The van der Waals surface area contributed by atoms with E-state index in [1.54, 1.807) is 0 Å². The first-order valence-corrected chi connectivity index (χ1v) is 6.44. The van der Waals surface area contributed by atoms with Crippen molar-refractivity contribution >= 4 is 5.69 Å². The zero-order chi connectivity index (χ0) is 11.4. The molecule has 1 N–H and O–H groups in total. The Balaban J connectivity index is 2.01. The van der Waals surface area contributed by atoms with Crippen LogP contribution in [0.1, 0.15) is 39.5 Å². The molecule has 88 valence electrons. The van der Waals surface area contributed by atoms with Crippen molar-refractivity contribution in [1.82, 2.24) is 4.98 Å². The zero-order valence-corrected chi connectivity index (χ0v) is 10.3. The molecule has 1 saturated carbocycles. The van der Waals surface area contributed by atoms with Gasteiger partial charge < -0.3 is 5.32 Å². The van der Waals surface area contributed by atoms with Crippen LogP contribution < -0.4 is 5.32 Å². The molecular formula is C14H22N2. The van der Waals surface area contributed by atoms with Gasteiger partial charge in [0.05, 0.1) is 0 Å². The van der Waals surface area contributed by atoms with E-state index in [9.17, 15) is 0 Å². The average molecular weight is 218 g/mol. The predicted octanol–water partition coefficient (Wildman–Crippen LogP) is 3.71. The van der Waals surface area contributed by atoms with Crippen molar-refractivity contribution in [3.63, 3.8) is 0 Å². The summed E-state index contributed by atoms with van der Waals surface area (Å²) in [5.41, 5.74) is 1.22. The minimum Gasteiger partial charge on any atom is -0.382 e. The second kappa shape index (κ2) is 5.33. The Kier molecular flexibility index (Phi) is 3.81. The average Bonchev–Trinajstić information content (AvgIpc) is 2.31. The molecule has 2 rings (SSSR count). The fourth-order valence-corrected chi connectivity index (χ4v) is 2.80. The normalized spacial score (nSPS) is 25.7. The Bertz CT molecular complexity index is 308. The molecule has 0 aliphatic heterocycles. The summed E-state index contributed by atoms with van der Waals surface area (Å²) in [6.07, 6.45) is 9.17. The lowest BCUT2D eigenvalue weighted by Gasteiger charge is -2.35. The summed E-state index contributed by atoms with van der Waals surface area (Å²) in [6, 6.07) is 4.77. The molecule has 2 atom stereocenters. The van der Waals surface area contributed by atoms with Gasteiger partial charge in [-0.2, -0.15) is 0 Å². The molecule has 1 aliphatic rings. The lowest BCUT2D eigenvalue weighted by molar-refractivity contribution is 0.254. The fourth-order valence-electron chi connectivity index (χ4n) is 2.80. The van der Waals surface area contributed by atoms with Gasteiger partial charge in [-0.25, -0.2) is 0 Å². The SMILES string of the molecule is CC(C)C1CCCCC1Nc1ccncc1. The molecule has 0 bridgehead atoms. The van der Waals surface area contributed by atoms with E-state index in [-0.39, 0.29) is 0 Å². The maximum absolute atomic E-state index is 4.05. The summed E-state index contributed by atoms with van der Waals surface area (Å²) < 4.78 is 0. The van der Waals surface area contributed by atoms with Crippen molar-refractivity contribution in [2.24, 2.45) is 11.8 Å². The second-order valence-corrected chi connectivity index (χ2v) is 5.18. The van der Waals surface area contributed by atoms with Crippen LogP contribution in [0, 0.1) is 11.8 Å². The molecule has 1 heterocycles. The van der Waals surface area contributed by atoms with E-state index in [1.807, 2.05) is 12.4 Å². The molecule has 0 radical (unpaired) electrons. The molecule has 1 fully saturated rings. The zero-order valence-electron chi connectivity index (χ0n) is 10.3. The van der Waals surface area contributed by atoms with Crippen LogP contribution in [0.4, 0.5) is 5.69 Å². The molecule has 2 unspecified atom stereocenters. The molecule has 1 aliphatic carbocycles. The molecule has 2 heteroatoms. The summed E-state index contributed by atoms with van der Waals surface area (Å²) in [5, 5.41) is 3.67. The van der Waals surface area contributed by atoms with E-state index >= 15 is 0 Å². The van der Waals surface area contributed by atoms with E-state index < -0.39 is 0 Å². The van der Waals surface area contributed by atoms with Crippen LogP contribution in [0.2, 0.25) is 0 Å². The molecule has 0 aromatic carbocycles. The summed E-state index contributed by atoms with van der Waals surface area (Å²) in [7, 11) is 0. The fraction of sp³-hybridized carbons (Fsp3) is 0.643. The summed E-state index contributed by atoms with van der Waals surface area (Å²) in [6.45, 7) is 4.69. The van der Waals surface area contributed by atoms with Gasteiger partial charge in [-0.3, -0.25) is 4.98 Å². The lowest BCUT2D eigenvalue weighted by Crippen LogP contribution is -2.35. The van der Waals surface area contributed by atoms with Crippen LogP contribution >= 0.6 is 0 Å². The Morgan fingerprint density at radius 1 is 1.19 bits per heavy atom. The second-order valence-electron chi connectivity index (χ2n) is 5.18. The third-order valence-electron chi connectivity index (χ3n) is 3.71. The van der Waals surface area contributed by atoms with Gasteiger partial charge in [0.2, 0.25) is 0 Å². The van der Waals surface area contributed by atoms with Gasteiger partial charge in [-0.05, 0) is 36.8 Å². The Hall–Kier alpha value is -1.05. The van der Waals surface area contributed by atoms with E-state index in [4.69, 9.17) is 0 Å². The van der Waals surface area contributed by atoms with Crippen LogP contribution in [-0.4, -0.2) is 11.0 Å². The van der Waals surface area contributed by atoms with Gasteiger partial charge in [-0.1, -0.05) is 26.7 Å². The summed E-state index contributed by atoms with van der Waals surface area (Å²) in [5.74, 6) is 1.60. The number of hydrogen-bond donors (Lipinski definition) is 1. The first-order chi connectivity index (χ1) is 7.77. The molecular weight excluding hydrogens is 196 g/mol. The van der Waals surface area contributed by atoms with Gasteiger partial charge in [0.25, 0.3) is 0 Å². The van der Waals surface area contributed by atoms with E-state index in [0.717, 1.165) is 11.8 Å². The first kappa shape index (κ1) is 11.4. The molecule has 0 spiro atoms. The first-order valence-electron chi connectivity index (χ1n) is 6.44.